The number of nitrogens with one attached hydrogen (secondary N) is 1. The van der Waals surface area contributed by atoms with Gasteiger partial charge in [-0.1, -0.05) is 55.3 Å². The van der Waals surface area contributed by atoms with Gasteiger partial charge in [0, 0.05) is 6.54 Å². The minimum atomic E-state index is -0.569. The third kappa shape index (κ3) is 5.02. The SMILES string of the molecule is CCOC(=O)C(CNC(=O)C1(c2cccc(OC)c2)CCCC1)Cc1ccccc1. The molecule has 1 aliphatic carbocycles. The molecule has 2 aromatic carbocycles. The summed E-state index contributed by atoms with van der Waals surface area (Å²) in [5.41, 5.74) is 1.46. The molecule has 1 aliphatic rings. The lowest BCUT2D eigenvalue weighted by molar-refractivity contribution is -0.148. The molecule has 2 aromatic rings. The van der Waals surface area contributed by atoms with Gasteiger partial charge >= 0.3 is 5.97 Å². The van der Waals surface area contributed by atoms with Crippen LogP contribution in [-0.2, 0) is 26.2 Å². The largest absolute Gasteiger partial charge is 0.497 e. The number of hydrogen-bond donors (Lipinski definition) is 1. The van der Waals surface area contributed by atoms with Gasteiger partial charge in [0.1, 0.15) is 5.75 Å². The number of benzene rings is 2. The van der Waals surface area contributed by atoms with Gasteiger partial charge in [-0.05, 0) is 49.4 Å². The lowest BCUT2D eigenvalue weighted by Crippen LogP contribution is -2.45. The van der Waals surface area contributed by atoms with Gasteiger partial charge in [-0.2, -0.15) is 0 Å². The van der Waals surface area contributed by atoms with Gasteiger partial charge in [0.15, 0.2) is 0 Å². The molecule has 0 heterocycles. The molecule has 1 unspecified atom stereocenters. The van der Waals surface area contributed by atoms with Gasteiger partial charge < -0.3 is 14.8 Å². The number of methoxy groups -OCH3 is 1. The Morgan fingerprint density at radius 1 is 1.07 bits per heavy atom. The monoisotopic (exact) mass is 409 g/mol. The molecule has 160 valence electrons. The second kappa shape index (κ2) is 10.3. The van der Waals surface area contributed by atoms with E-state index in [1.807, 2.05) is 54.6 Å². The fourth-order valence-corrected chi connectivity index (χ4v) is 4.33. The summed E-state index contributed by atoms with van der Waals surface area (Å²) >= 11 is 0. The summed E-state index contributed by atoms with van der Waals surface area (Å²) in [6, 6.07) is 17.6. The first kappa shape index (κ1) is 21.9. The minimum absolute atomic E-state index is 0.0180. The maximum atomic E-state index is 13.4. The van der Waals surface area contributed by atoms with Crippen molar-refractivity contribution in [1.29, 1.82) is 0 Å². The van der Waals surface area contributed by atoms with Crippen LogP contribution in [0.5, 0.6) is 5.75 Å². The van der Waals surface area contributed by atoms with Crippen LogP contribution >= 0.6 is 0 Å². The van der Waals surface area contributed by atoms with Crippen molar-refractivity contribution in [1.82, 2.24) is 5.32 Å². The van der Waals surface area contributed by atoms with Crippen LogP contribution in [0, 0.1) is 5.92 Å². The zero-order chi connectivity index (χ0) is 21.4. The molecule has 3 rings (SSSR count). The molecule has 0 aromatic heterocycles. The Balaban J connectivity index is 1.75. The van der Waals surface area contributed by atoms with E-state index in [4.69, 9.17) is 9.47 Å². The molecule has 1 atom stereocenters. The molecule has 5 heteroatoms. The molecule has 30 heavy (non-hydrogen) atoms. The molecule has 1 saturated carbocycles. The Morgan fingerprint density at radius 2 is 1.80 bits per heavy atom. The first-order valence-electron chi connectivity index (χ1n) is 10.7. The van der Waals surface area contributed by atoms with Gasteiger partial charge in [0.25, 0.3) is 0 Å². The third-order valence-corrected chi connectivity index (χ3v) is 5.97. The number of amides is 1. The summed E-state index contributed by atoms with van der Waals surface area (Å²) < 4.78 is 10.6. The molecular weight excluding hydrogens is 378 g/mol. The van der Waals surface area contributed by atoms with Crippen molar-refractivity contribution < 1.29 is 19.1 Å². The van der Waals surface area contributed by atoms with Gasteiger partial charge in [-0.25, -0.2) is 0 Å². The van der Waals surface area contributed by atoms with E-state index in [-0.39, 0.29) is 18.4 Å². The van der Waals surface area contributed by atoms with Gasteiger partial charge in [-0.3, -0.25) is 9.59 Å². The van der Waals surface area contributed by atoms with Crippen molar-refractivity contribution in [3.8, 4) is 5.75 Å². The lowest BCUT2D eigenvalue weighted by Gasteiger charge is -2.29. The summed E-state index contributed by atoms with van der Waals surface area (Å²) in [5.74, 6) is 0.0410. The van der Waals surface area contributed by atoms with Crippen LogP contribution in [0.3, 0.4) is 0 Å². The Morgan fingerprint density at radius 3 is 2.47 bits per heavy atom. The van der Waals surface area contributed by atoms with E-state index < -0.39 is 11.3 Å². The summed E-state index contributed by atoms with van der Waals surface area (Å²) in [5, 5.41) is 3.08. The van der Waals surface area contributed by atoms with E-state index in [1.54, 1.807) is 14.0 Å². The Bertz CT molecular complexity index is 843. The fraction of sp³-hybridized carbons (Fsp3) is 0.440. The quantitative estimate of drug-likeness (QED) is 0.635. The highest BCUT2D eigenvalue weighted by atomic mass is 16.5. The predicted octanol–water partition coefficient (Wildman–Crippen LogP) is 4.05. The standard InChI is InChI=1S/C25H31NO4/c1-3-30-23(27)20(16-19-10-5-4-6-11-19)18-26-24(28)25(14-7-8-15-25)21-12-9-13-22(17-21)29-2/h4-6,9-13,17,20H,3,7-8,14-16,18H2,1-2H3,(H,26,28). The van der Waals surface area contributed by atoms with E-state index in [0.29, 0.717) is 13.0 Å². The Hall–Kier alpha value is -2.82. The average molecular weight is 410 g/mol. The zero-order valence-electron chi connectivity index (χ0n) is 17.9. The molecule has 1 N–H and O–H groups in total. The fourth-order valence-electron chi connectivity index (χ4n) is 4.33. The summed E-state index contributed by atoms with van der Waals surface area (Å²) in [6.07, 6.45) is 4.15. The molecule has 1 fully saturated rings. The van der Waals surface area contributed by atoms with Crippen LogP contribution in [0.1, 0.15) is 43.7 Å². The third-order valence-electron chi connectivity index (χ3n) is 5.97. The highest BCUT2D eigenvalue weighted by Crippen LogP contribution is 2.42. The van der Waals surface area contributed by atoms with Crippen molar-refractivity contribution in [2.75, 3.05) is 20.3 Å². The van der Waals surface area contributed by atoms with E-state index >= 15 is 0 Å². The maximum absolute atomic E-state index is 13.4. The first-order valence-corrected chi connectivity index (χ1v) is 10.7. The number of esters is 1. The number of carbonyl (C=O) groups excluding carboxylic acids is 2. The molecule has 0 bridgehead atoms. The first-order chi connectivity index (χ1) is 14.6. The van der Waals surface area contributed by atoms with Crippen molar-refractivity contribution in [3.05, 3.63) is 65.7 Å². The molecule has 0 aliphatic heterocycles. The number of hydrogen-bond acceptors (Lipinski definition) is 4. The zero-order valence-corrected chi connectivity index (χ0v) is 17.9. The van der Waals surface area contributed by atoms with E-state index in [2.05, 4.69) is 5.32 Å². The van der Waals surface area contributed by atoms with Crippen LogP contribution in [0.4, 0.5) is 0 Å². The highest BCUT2D eigenvalue weighted by molar-refractivity contribution is 5.89. The van der Waals surface area contributed by atoms with Crippen molar-refractivity contribution in [2.45, 2.75) is 44.4 Å². The smallest absolute Gasteiger partial charge is 0.311 e. The Labute approximate surface area is 178 Å². The van der Waals surface area contributed by atoms with E-state index in [1.165, 1.54) is 0 Å². The van der Waals surface area contributed by atoms with Crippen LogP contribution in [0.2, 0.25) is 0 Å². The van der Waals surface area contributed by atoms with Gasteiger partial charge in [0.2, 0.25) is 5.91 Å². The van der Waals surface area contributed by atoms with Gasteiger partial charge in [0.05, 0.1) is 25.0 Å². The molecule has 0 spiro atoms. The summed E-state index contributed by atoms with van der Waals surface area (Å²) in [7, 11) is 1.63. The van der Waals surface area contributed by atoms with Crippen LogP contribution in [0.15, 0.2) is 54.6 Å². The maximum Gasteiger partial charge on any atom is 0.311 e. The van der Waals surface area contributed by atoms with Crippen molar-refractivity contribution in [3.63, 3.8) is 0 Å². The second-order valence-electron chi connectivity index (χ2n) is 7.87. The lowest BCUT2D eigenvalue weighted by atomic mass is 9.77. The molecule has 0 saturated heterocycles. The predicted molar refractivity (Wildman–Crippen MR) is 116 cm³/mol. The number of rotatable bonds is 9. The molecule has 1 amide bonds. The van der Waals surface area contributed by atoms with Crippen LogP contribution in [-0.4, -0.2) is 32.1 Å². The molecular formula is C25H31NO4. The van der Waals surface area contributed by atoms with E-state index in [0.717, 1.165) is 42.6 Å². The number of ether oxygens (including phenoxy) is 2. The van der Waals surface area contributed by atoms with Crippen molar-refractivity contribution in [2.24, 2.45) is 5.92 Å². The Kier molecular flexibility index (Phi) is 7.50. The van der Waals surface area contributed by atoms with E-state index in [9.17, 15) is 9.59 Å². The second-order valence-corrected chi connectivity index (χ2v) is 7.87. The topological polar surface area (TPSA) is 64.6 Å². The summed E-state index contributed by atoms with van der Waals surface area (Å²) in [6.45, 7) is 2.39. The van der Waals surface area contributed by atoms with Crippen molar-refractivity contribution >= 4 is 11.9 Å². The summed E-state index contributed by atoms with van der Waals surface area (Å²) in [4.78, 5) is 25.9. The minimum Gasteiger partial charge on any atom is -0.497 e. The van der Waals surface area contributed by atoms with Gasteiger partial charge in [-0.15, -0.1) is 0 Å². The molecule has 5 nitrogen and oxygen atoms in total. The number of carbonyl (C=O) groups is 2. The van der Waals surface area contributed by atoms with Crippen LogP contribution in [0.25, 0.3) is 0 Å². The average Bonchev–Trinajstić information content (AvgIpc) is 3.28. The highest BCUT2D eigenvalue weighted by Gasteiger charge is 2.43. The van der Waals surface area contributed by atoms with Crippen LogP contribution < -0.4 is 10.1 Å². The normalized spacial score (nSPS) is 15.9. The molecule has 0 radical (unpaired) electrons.